The van der Waals surface area contributed by atoms with E-state index in [0.717, 1.165) is 37.9 Å². The lowest BCUT2D eigenvalue weighted by atomic mass is 10.1. The number of anilines is 1. The van der Waals surface area contributed by atoms with Crippen LogP contribution in [-0.4, -0.2) is 22.2 Å². The molecular formula is C13H16ClF3N2O. The largest absolute Gasteiger partial charge is 0.417 e. The van der Waals surface area contributed by atoms with Gasteiger partial charge in [-0.15, -0.1) is 0 Å². The van der Waals surface area contributed by atoms with E-state index in [2.05, 4.69) is 10.3 Å². The van der Waals surface area contributed by atoms with Crippen molar-refractivity contribution >= 4 is 17.4 Å². The molecule has 1 fully saturated rings. The lowest BCUT2D eigenvalue weighted by Gasteiger charge is -2.23. The van der Waals surface area contributed by atoms with E-state index in [1.807, 2.05) is 0 Å². The molecule has 2 N–H and O–H groups in total. The van der Waals surface area contributed by atoms with Gasteiger partial charge in [-0.25, -0.2) is 4.98 Å². The fourth-order valence-corrected chi connectivity index (χ4v) is 2.55. The first kappa shape index (κ1) is 15.4. The van der Waals surface area contributed by atoms with Crippen LogP contribution in [0.25, 0.3) is 0 Å². The first-order chi connectivity index (χ1) is 9.38. The number of aliphatic hydroxyl groups excluding tert-OH is 1. The van der Waals surface area contributed by atoms with Crippen LogP contribution in [0.15, 0.2) is 12.3 Å². The zero-order valence-electron chi connectivity index (χ0n) is 10.8. The minimum Gasteiger partial charge on any atom is -0.391 e. The summed E-state index contributed by atoms with van der Waals surface area (Å²) in [7, 11) is 0. The van der Waals surface area contributed by atoms with E-state index in [4.69, 9.17) is 11.6 Å². The summed E-state index contributed by atoms with van der Waals surface area (Å²) in [5.41, 5.74) is -0.880. The van der Waals surface area contributed by atoms with Gasteiger partial charge >= 0.3 is 6.18 Å². The fraction of sp³-hybridized carbons (Fsp3) is 0.615. The molecule has 2 atom stereocenters. The Morgan fingerprint density at radius 3 is 2.60 bits per heavy atom. The van der Waals surface area contributed by atoms with Crippen molar-refractivity contribution in [1.29, 1.82) is 0 Å². The van der Waals surface area contributed by atoms with Crippen molar-refractivity contribution in [2.45, 2.75) is 50.4 Å². The summed E-state index contributed by atoms with van der Waals surface area (Å²) in [6.07, 6.45) is 0.145. The first-order valence-corrected chi connectivity index (χ1v) is 6.93. The molecule has 0 aromatic carbocycles. The zero-order chi connectivity index (χ0) is 14.8. The molecule has 0 amide bonds. The van der Waals surface area contributed by atoms with Crippen LogP contribution < -0.4 is 5.32 Å². The van der Waals surface area contributed by atoms with Crippen LogP contribution in [0.4, 0.5) is 19.0 Å². The average molecular weight is 309 g/mol. The van der Waals surface area contributed by atoms with Gasteiger partial charge in [0.2, 0.25) is 0 Å². The molecule has 0 spiro atoms. The number of hydrogen-bond donors (Lipinski definition) is 2. The van der Waals surface area contributed by atoms with Crippen molar-refractivity contribution in [3.05, 3.63) is 22.8 Å². The third-order valence-electron chi connectivity index (χ3n) is 3.47. The molecule has 1 aliphatic carbocycles. The molecule has 1 aromatic rings. The molecule has 0 bridgehead atoms. The molecule has 3 nitrogen and oxygen atoms in total. The maximum absolute atomic E-state index is 12.5. The highest BCUT2D eigenvalue weighted by Gasteiger charge is 2.32. The maximum atomic E-state index is 12.5. The molecule has 2 unspecified atom stereocenters. The molecule has 112 valence electrons. The standard InChI is InChI=1S/C13H16ClF3N2O/c14-9-6-8(13(15,16)17)7-18-12(9)19-10-4-2-1-3-5-11(10)20/h6-7,10-11,20H,1-5H2,(H,18,19). The first-order valence-electron chi connectivity index (χ1n) is 6.55. The summed E-state index contributed by atoms with van der Waals surface area (Å²) in [4.78, 5) is 3.73. The zero-order valence-corrected chi connectivity index (χ0v) is 11.5. The minimum absolute atomic E-state index is 0.0868. The number of nitrogens with zero attached hydrogens (tertiary/aromatic N) is 1. The predicted octanol–water partition coefficient (Wildman–Crippen LogP) is 3.86. The van der Waals surface area contributed by atoms with Crippen LogP contribution in [0.3, 0.4) is 0 Å². The molecule has 1 aromatic heterocycles. The van der Waals surface area contributed by atoms with E-state index in [1.54, 1.807) is 0 Å². The highest BCUT2D eigenvalue weighted by molar-refractivity contribution is 6.33. The number of aromatic nitrogens is 1. The summed E-state index contributed by atoms with van der Waals surface area (Å²) in [6.45, 7) is 0. The third kappa shape index (κ3) is 3.76. The van der Waals surface area contributed by atoms with Gasteiger partial charge in [0.25, 0.3) is 0 Å². The van der Waals surface area contributed by atoms with Crippen LogP contribution in [0.1, 0.15) is 37.7 Å². The molecule has 1 heterocycles. The Bertz CT molecular complexity index is 467. The molecule has 7 heteroatoms. The second kappa shape index (κ2) is 6.18. The van der Waals surface area contributed by atoms with Crippen LogP contribution in [-0.2, 0) is 6.18 Å². The van der Waals surface area contributed by atoms with Crippen molar-refractivity contribution in [3.63, 3.8) is 0 Å². The van der Waals surface area contributed by atoms with Crippen molar-refractivity contribution < 1.29 is 18.3 Å². The minimum atomic E-state index is -4.46. The molecule has 0 aliphatic heterocycles. The molecule has 1 aliphatic rings. The second-order valence-corrected chi connectivity index (χ2v) is 5.42. The second-order valence-electron chi connectivity index (χ2n) is 5.01. The van der Waals surface area contributed by atoms with Crippen LogP contribution in [0.2, 0.25) is 5.02 Å². The molecule has 0 saturated heterocycles. The Labute approximate surface area is 120 Å². The van der Waals surface area contributed by atoms with Gasteiger partial charge in [0, 0.05) is 6.20 Å². The summed E-state index contributed by atoms with van der Waals surface area (Å²) >= 11 is 5.84. The SMILES string of the molecule is OC1CCCCCC1Nc1ncc(C(F)(F)F)cc1Cl. The fourth-order valence-electron chi connectivity index (χ4n) is 2.33. The molecule has 2 rings (SSSR count). The van der Waals surface area contributed by atoms with Gasteiger partial charge in [0.05, 0.1) is 22.7 Å². The molecule has 20 heavy (non-hydrogen) atoms. The van der Waals surface area contributed by atoms with E-state index >= 15 is 0 Å². The van der Waals surface area contributed by atoms with E-state index < -0.39 is 17.8 Å². The van der Waals surface area contributed by atoms with Crippen LogP contribution >= 0.6 is 11.6 Å². The van der Waals surface area contributed by atoms with E-state index in [9.17, 15) is 18.3 Å². The quantitative estimate of drug-likeness (QED) is 0.816. The smallest absolute Gasteiger partial charge is 0.391 e. The lowest BCUT2D eigenvalue weighted by Crippen LogP contribution is -2.32. The maximum Gasteiger partial charge on any atom is 0.417 e. The molecule has 1 saturated carbocycles. The highest BCUT2D eigenvalue weighted by Crippen LogP contribution is 2.33. The number of alkyl halides is 3. The van der Waals surface area contributed by atoms with Crippen molar-refractivity contribution in [1.82, 2.24) is 4.98 Å². The summed E-state index contributed by atoms with van der Waals surface area (Å²) < 4.78 is 37.5. The van der Waals surface area contributed by atoms with Gasteiger partial charge in [-0.05, 0) is 18.9 Å². The summed E-state index contributed by atoms with van der Waals surface area (Å²) in [5, 5.41) is 12.8. The number of aliphatic hydroxyl groups is 1. The monoisotopic (exact) mass is 308 g/mol. The number of halogens is 4. The van der Waals surface area contributed by atoms with Crippen molar-refractivity contribution in [3.8, 4) is 0 Å². The summed E-state index contributed by atoms with van der Waals surface area (Å²) in [6, 6.07) is 0.624. The topological polar surface area (TPSA) is 45.1 Å². The van der Waals surface area contributed by atoms with Gasteiger partial charge in [0.1, 0.15) is 5.82 Å². The van der Waals surface area contributed by atoms with Gasteiger partial charge in [-0.2, -0.15) is 13.2 Å². The van der Waals surface area contributed by atoms with Crippen LogP contribution in [0, 0.1) is 0 Å². The highest BCUT2D eigenvalue weighted by atomic mass is 35.5. The molecular weight excluding hydrogens is 293 g/mol. The van der Waals surface area contributed by atoms with Crippen molar-refractivity contribution in [2.24, 2.45) is 0 Å². The third-order valence-corrected chi connectivity index (χ3v) is 3.76. The van der Waals surface area contributed by atoms with Gasteiger partial charge in [-0.3, -0.25) is 0 Å². The Balaban J connectivity index is 2.13. The van der Waals surface area contributed by atoms with E-state index in [1.165, 1.54) is 0 Å². The molecule has 0 radical (unpaired) electrons. The van der Waals surface area contributed by atoms with Gasteiger partial charge in [-0.1, -0.05) is 30.9 Å². The van der Waals surface area contributed by atoms with Gasteiger partial charge < -0.3 is 10.4 Å². The predicted molar refractivity (Wildman–Crippen MR) is 70.8 cm³/mol. The van der Waals surface area contributed by atoms with E-state index in [-0.39, 0.29) is 16.9 Å². The number of nitrogens with one attached hydrogen (secondary N) is 1. The summed E-state index contributed by atoms with van der Waals surface area (Å²) in [5.74, 6) is 0.186. The number of rotatable bonds is 2. The Morgan fingerprint density at radius 2 is 1.95 bits per heavy atom. The van der Waals surface area contributed by atoms with Crippen LogP contribution in [0.5, 0.6) is 0 Å². The Kier molecular flexibility index (Phi) is 4.75. The Morgan fingerprint density at radius 1 is 1.25 bits per heavy atom. The van der Waals surface area contributed by atoms with E-state index in [0.29, 0.717) is 6.42 Å². The van der Waals surface area contributed by atoms with Gasteiger partial charge in [0.15, 0.2) is 0 Å². The normalized spacial score (nSPS) is 24.2. The number of pyridine rings is 1. The number of hydrogen-bond acceptors (Lipinski definition) is 3. The average Bonchev–Trinajstić information content (AvgIpc) is 2.56. The van der Waals surface area contributed by atoms with Crippen molar-refractivity contribution in [2.75, 3.05) is 5.32 Å². The Hall–Kier alpha value is -1.01. The lowest BCUT2D eigenvalue weighted by molar-refractivity contribution is -0.137.